The number of hydrogen-bond donors (Lipinski definition) is 3. The smallest absolute Gasteiger partial charge is 0.246 e. The summed E-state index contributed by atoms with van der Waals surface area (Å²) in [6, 6.07) is 55.2. The van der Waals surface area contributed by atoms with Crippen LogP contribution in [-0.2, 0) is 23.9 Å². The van der Waals surface area contributed by atoms with E-state index in [0.717, 1.165) is 237 Å². The van der Waals surface area contributed by atoms with Crippen molar-refractivity contribution in [3.63, 3.8) is 0 Å². The van der Waals surface area contributed by atoms with Gasteiger partial charge < -0.3 is 74.2 Å². The van der Waals surface area contributed by atoms with Crippen molar-refractivity contribution in [1.82, 2.24) is 73.0 Å². The number of aromatic nitrogens is 9. The van der Waals surface area contributed by atoms with Gasteiger partial charge in [0, 0.05) is 136 Å². The Labute approximate surface area is 741 Å². The highest BCUT2D eigenvalue weighted by molar-refractivity contribution is 6.05. The van der Waals surface area contributed by atoms with Crippen LogP contribution >= 0.6 is 0 Å². The normalized spacial score (nSPS) is 19.5. The van der Waals surface area contributed by atoms with Gasteiger partial charge in [-0.25, -0.2) is 29.9 Å². The molecule has 8 aliphatic rings. The summed E-state index contributed by atoms with van der Waals surface area (Å²) in [7, 11) is 6.26. The molecule has 11 heterocycles. The lowest BCUT2D eigenvalue weighted by molar-refractivity contribution is -0.125. The Hall–Kier alpha value is -12.6. The van der Waals surface area contributed by atoms with Gasteiger partial charge in [0.1, 0.15) is 87.9 Å². The third-order valence-corrected chi connectivity index (χ3v) is 26.0. The van der Waals surface area contributed by atoms with Gasteiger partial charge in [0.2, 0.25) is 17.7 Å². The number of hydrogen-bond acceptors (Lipinski definition) is 20. The van der Waals surface area contributed by atoms with Crippen molar-refractivity contribution in [2.45, 2.75) is 132 Å². The van der Waals surface area contributed by atoms with Gasteiger partial charge in [-0.3, -0.25) is 24.2 Å². The van der Waals surface area contributed by atoms with E-state index in [-0.39, 0.29) is 35.8 Å². The van der Waals surface area contributed by atoms with Crippen molar-refractivity contribution in [3.8, 4) is 67.9 Å². The van der Waals surface area contributed by atoms with Crippen LogP contribution in [-0.4, -0.2) is 216 Å². The molecule has 0 bridgehead atoms. The topological polar surface area (TPSA) is 287 Å². The zero-order valence-corrected chi connectivity index (χ0v) is 73.0. The average Bonchev–Trinajstić information content (AvgIpc) is 1.58. The first-order chi connectivity index (χ1) is 62.2. The molecule has 0 spiro atoms. The van der Waals surface area contributed by atoms with Crippen LogP contribution < -0.4 is 31.4 Å². The summed E-state index contributed by atoms with van der Waals surface area (Å²) < 4.78 is 36.3. The largest absolute Gasteiger partial charge is 0.457 e. The van der Waals surface area contributed by atoms with Crippen LogP contribution in [0.15, 0.2) is 219 Å². The summed E-state index contributed by atoms with van der Waals surface area (Å²) in [6.45, 7) is 12.7. The predicted octanol–water partition coefficient (Wildman–Crippen LogP) is 16.8. The number of likely N-dealkylation sites (tertiary alicyclic amines) is 3. The van der Waals surface area contributed by atoms with Crippen LogP contribution in [0.4, 0.5) is 17.5 Å². The lowest BCUT2D eigenvalue weighted by Crippen LogP contribution is -2.32. The maximum Gasteiger partial charge on any atom is 0.246 e. The third-order valence-electron chi connectivity index (χ3n) is 26.0. The Kier molecular flexibility index (Phi) is 26.0. The zero-order chi connectivity index (χ0) is 87.0. The van der Waals surface area contributed by atoms with E-state index in [1.165, 1.54) is 17.1 Å². The number of carbonyl (C=O) groups excluding carboxylic acids is 3. The lowest BCUT2D eigenvalue weighted by Gasteiger charge is -2.21. The van der Waals surface area contributed by atoms with Crippen molar-refractivity contribution in [2.75, 3.05) is 130 Å². The van der Waals surface area contributed by atoms with Crippen LogP contribution in [0, 0.1) is 0 Å². The first kappa shape index (κ1) is 85.2. The molecule has 0 radical (unpaired) electrons. The van der Waals surface area contributed by atoms with Crippen molar-refractivity contribution in [1.29, 1.82) is 0 Å². The third kappa shape index (κ3) is 19.3. The molecule has 127 heavy (non-hydrogen) atoms. The van der Waals surface area contributed by atoms with Gasteiger partial charge in [0.15, 0.2) is 0 Å². The van der Waals surface area contributed by atoms with E-state index in [4.69, 9.17) is 55.8 Å². The first-order valence-corrected chi connectivity index (χ1v) is 45.2. The van der Waals surface area contributed by atoms with Crippen molar-refractivity contribution in [2.24, 2.45) is 0 Å². The van der Waals surface area contributed by atoms with Crippen molar-refractivity contribution >= 4 is 68.3 Å². The highest BCUT2D eigenvalue weighted by Crippen LogP contribution is 2.55. The molecule has 20 rings (SSSR count). The zero-order valence-electron chi connectivity index (χ0n) is 73.0. The Morgan fingerprint density at radius 1 is 0.394 bits per heavy atom. The lowest BCUT2D eigenvalue weighted by atomic mass is 10.0. The fourth-order valence-electron chi connectivity index (χ4n) is 19.0. The molecule has 5 atom stereocenters. The molecule has 26 nitrogen and oxygen atoms in total. The van der Waals surface area contributed by atoms with Crippen LogP contribution in [0.25, 0.3) is 66.5 Å². The number of rotatable bonds is 28. The van der Waals surface area contributed by atoms with Gasteiger partial charge in [-0.15, -0.1) is 0 Å². The number of benzene rings is 6. The number of para-hydroxylation sites is 3. The SMILES string of the molecule is CCCN(C)C/C=C/C(=O)N1CC[C@@H](n2c(C3CC3)c(-c3ccc(Oc4ccccc4)cc3)c3c(N)ncnc32)C1.CN(C/C=C/C(=O)N1CC[C@@H](n2c(C3CC3)c(-c3ccc(Oc4ccccc4)cc3)c3c(N)ncnc32)C1)[C@@H]1CCOC1.CN(C/C=C/C(=O)N1CC[C@@H](n2c(C3CC3)c(-c3ccc(Oc4ccccc4)cc3)c3c(N)ncnc32)C1)[C@H]1CCOC1. The fraction of sp³-hybridized carbons (Fsp3) is 0.376. The van der Waals surface area contributed by atoms with E-state index < -0.39 is 0 Å². The van der Waals surface area contributed by atoms with E-state index in [9.17, 15) is 14.4 Å². The second-order valence-electron chi connectivity index (χ2n) is 35.0. The number of nitrogens with zero attached hydrogens (tertiary/aromatic N) is 15. The highest BCUT2D eigenvalue weighted by atomic mass is 16.5. The van der Waals surface area contributed by atoms with Crippen molar-refractivity contribution in [3.05, 3.63) is 236 Å². The standard InChI is InChI=1S/2C34H38N6O3.C33H38N6O2/c2*1-38(26-16-19-42-21-26)17-5-8-29(41)39-18-15-25(20-39)40-32(24-9-10-24)30(31-33(35)36-22-37-34(31)40)23-11-13-28(14-12-23)43-27-6-3-2-4-7-27;1-3-18-37(2)19-7-10-28(40)38-20-17-25(21-38)39-31(24-11-12-24)29(30-32(34)35-22-36-33(30)39)23-13-15-27(16-14-23)41-26-8-5-4-6-9-26/h2*2-8,11-14,22,24-26H,9-10,15-21H2,1H3,(H2,35,36,37);4-10,13-16,22,24-25H,3,11-12,17-21H2,1-2H3,(H2,34,35,36)/b2*8-5+;10-7+/t25-,26+;25-,26-;25-/m111/s1. The molecule has 8 fully saturated rings. The molecule has 0 unspecified atom stereocenters. The molecule has 5 saturated heterocycles. The summed E-state index contributed by atoms with van der Waals surface area (Å²) in [5.74, 6) is 7.69. The molecule has 6 N–H and O–H groups in total. The Balaban J connectivity index is 0.000000129. The first-order valence-electron chi connectivity index (χ1n) is 45.2. The van der Waals surface area contributed by atoms with Crippen LogP contribution in [0.1, 0.15) is 137 Å². The van der Waals surface area contributed by atoms with Gasteiger partial charge in [-0.05, 0) is 212 Å². The minimum atomic E-state index is 0.0615. The summed E-state index contributed by atoms with van der Waals surface area (Å²) in [5, 5.41) is 2.68. The highest BCUT2D eigenvalue weighted by Gasteiger charge is 2.42. The van der Waals surface area contributed by atoms with E-state index in [0.29, 0.717) is 80.0 Å². The molecule has 656 valence electrons. The second kappa shape index (κ2) is 38.7. The maximum atomic E-state index is 13.2. The van der Waals surface area contributed by atoms with Gasteiger partial charge in [-0.1, -0.05) is 116 Å². The second-order valence-corrected chi connectivity index (χ2v) is 35.0. The predicted molar refractivity (Wildman–Crippen MR) is 497 cm³/mol. The van der Waals surface area contributed by atoms with Crippen LogP contribution in [0.3, 0.4) is 0 Å². The van der Waals surface area contributed by atoms with E-state index in [1.807, 2.05) is 160 Å². The summed E-state index contributed by atoms with van der Waals surface area (Å²) >= 11 is 0. The van der Waals surface area contributed by atoms with Gasteiger partial charge in [0.25, 0.3) is 0 Å². The van der Waals surface area contributed by atoms with Crippen LogP contribution in [0.5, 0.6) is 34.5 Å². The summed E-state index contributed by atoms with van der Waals surface area (Å²) in [6.07, 6.45) is 28.4. The molecule has 3 saturated carbocycles. The van der Waals surface area contributed by atoms with Crippen molar-refractivity contribution < 1.29 is 38.1 Å². The number of nitrogen functional groups attached to an aromatic ring is 3. The molecular formula is C101H114N18O8. The number of anilines is 3. The average molecular weight is 1710 g/mol. The minimum Gasteiger partial charge on any atom is -0.457 e. The van der Waals surface area contributed by atoms with E-state index >= 15 is 0 Å². The van der Waals surface area contributed by atoms with Gasteiger partial charge in [-0.2, -0.15) is 0 Å². The number of likely N-dealkylation sites (N-methyl/N-ethyl adjacent to an activating group) is 3. The Bertz CT molecular complexity index is 5690. The fourth-order valence-corrected chi connectivity index (χ4v) is 19.0. The molecule has 26 heteroatoms. The quantitative estimate of drug-likeness (QED) is 0.0384. The van der Waals surface area contributed by atoms with E-state index in [1.54, 1.807) is 37.2 Å². The minimum absolute atomic E-state index is 0.0615. The number of nitrogens with two attached hydrogens (primary N) is 3. The van der Waals surface area contributed by atoms with E-state index in [2.05, 4.69) is 108 Å². The monoisotopic (exact) mass is 1710 g/mol. The number of ether oxygens (including phenoxy) is 5. The molecular weight excluding hydrogens is 1590 g/mol. The number of amides is 3. The number of fused-ring (bicyclic) bond motifs is 3. The Morgan fingerprint density at radius 3 is 0.976 bits per heavy atom. The molecule has 6 aromatic heterocycles. The van der Waals surface area contributed by atoms with Gasteiger partial charge >= 0.3 is 0 Å². The molecule has 3 aliphatic carbocycles. The Morgan fingerprint density at radius 2 is 0.693 bits per heavy atom. The number of carbonyl (C=O) groups is 3. The molecule has 5 aliphatic heterocycles. The van der Waals surface area contributed by atoms with Gasteiger partial charge in [0.05, 0.1) is 47.5 Å². The molecule has 12 aromatic rings. The summed E-state index contributed by atoms with van der Waals surface area (Å²) in [5.41, 5.74) is 32.5. The molecule has 6 aromatic carbocycles. The maximum absolute atomic E-state index is 13.2. The van der Waals surface area contributed by atoms with Crippen LogP contribution in [0.2, 0.25) is 0 Å². The summed E-state index contributed by atoms with van der Waals surface area (Å²) in [4.78, 5) is 79.5. The molecule has 3 amide bonds.